The fraction of sp³-hybridized carbons (Fsp3) is 0.733. The smallest absolute Gasteiger partial charge is 0.228 e. The van der Waals surface area contributed by atoms with Gasteiger partial charge in [-0.1, -0.05) is 20.8 Å². The molecule has 1 saturated carbocycles. The number of carbonyl (C=O) groups excluding carboxylic acids is 1. The number of aromatic amines is 1. The van der Waals surface area contributed by atoms with E-state index in [2.05, 4.69) is 36.3 Å². The summed E-state index contributed by atoms with van der Waals surface area (Å²) in [6.45, 7) is 8.82. The first kappa shape index (κ1) is 14.1. The number of amides is 1. The van der Waals surface area contributed by atoms with Crippen molar-refractivity contribution in [3.05, 3.63) is 11.8 Å². The van der Waals surface area contributed by atoms with Crippen molar-refractivity contribution in [2.75, 3.05) is 5.32 Å². The molecule has 0 bridgehead atoms. The summed E-state index contributed by atoms with van der Waals surface area (Å²) in [7, 11) is 0. The van der Waals surface area contributed by atoms with E-state index in [4.69, 9.17) is 0 Å². The summed E-state index contributed by atoms with van der Waals surface area (Å²) in [5.74, 6) is 1.65. The van der Waals surface area contributed by atoms with Crippen LogP contribution >= 0.6 is 0 Å². The number of rotatable bonds is 2. The van der Waals surface area contributed by atoms with Crippen molar-refractivity contribution in [2.24, 2.45) is 17.3 Å². The normalized spacial score (nSPS) is 24.2. The molecule has 0 aliphatic heterocycles. The summed E-state index contributed by atoms with van der Waals surface area (Å²) >= 11 is 0. The maximum Gasteiger partial charge on any atom is 0.228 e. The molecular weight excluding hydrogens is 238 g/mol. The summed E-state index contributed by atoms with van der Waals surface area (Å²) in [6, 6.07) is 1.86. The predicted molar refractivity (Wildman–Crippen MR) is 76.9 cm³/mol. The highest BCUT2D eigenvalue weighted by Crippen LogP contribution is 2.39. The second kappa shape index (κ2) is 5.35. The van der Waals surface area contributed by atoms with Crippen LogP contribution in [-0.4, -0.2) is 16.1 Å². The molecule has 4 heteroatoms. The number of hydrogen-bond donors (Lipinski definition) is 2. The van der Waals surface area contributed by atoms with Crippen LogP contribution in [-0.2, 0) is 4.79 Å². The van der Waals surface area contributed by atoms with Crippen molar-refractivity contribution >= 4 is 11.7 Å². The number of anilines is 1. The van der Waals surface area contributed by atoms with E-state index in [-0.39, 0.29) is 11.8 Å². The summed E-state index contributed by atoms with van der Waals surface area (Å²) in [6.07, 6.45) is 4.30. The van der Waals surface area contributed by atoms with Crippen molar-refractivity contribution < 1.29 is 4.79 Å². The van der Waals surface area contributed by atoms with Crippen LogP contribution in [0, 0.1) is 24.2 Å². The van der Waals surface area contributed by atoms with Gasteiger partial charge in [-0.05, 0) is 43.9 Å². The average Bonchev–Trinajstić information content (AvgIpc) is 2.74. The summed E-state index contributed by atoms with van der Waals surface area (Å²) in [5.41, 5.74) is 1.33. The van der Waals surface area contributed by atoms with Crippen molar-refractivity contribution in [3.8, 4) is 0 Å². The summed E-state index contributed by atoms with van der Waals surface area (Å²) < 4.78 is 0. The zero-order valence-corrected chi connectivity index (χ0v) is 12.4. The molecule has 1 heterocycles. The molecule has 1 amide bonds. The Kier molecular flexibility index (Phi) is 3.97. The third-order valence-corrected chi connectivity index (χ3v) is 4.28. The third-order valence-electron chi connectivity index (χ3n) is 4.28. The Morgan fingerprint density at radius 2 is 1.95 bits per heavy atom. The van der Waals surface area contributed by atoms with E-state index in [0.29, 0.717) is 11.2 Å². The van der Waals surface area contributed by atoms with Gasteiger partial charge >= 0.3 is 0 Å². The molecular formula is C15H25N3O. The van der Waals surface area contributed by atoms with Gasteiger partial charge in [0.15, 0.2) is 5.82 Å². The SMILES string of the molecule is Cc1cc(NC(=O)C2CCC(C(C)(C)C)CC2)n[nH]1. The van der Waals surface area contributed by atoms with Crippen LogP contribution in [0.5, 0.6) is 0 Å². The minimum atomic E-state index is 0.124. The van der Waals surface area contributed by atoms with Gasteiger partial charge in [0.25, 0.3) is 0 Å². The molecule has 0 aromatic carbocycles. The average molecular weight is 263 g/mol. The maximum absolute atomic E-state index is 12.2. The zero-order chi connectivity index (χ0) is 14.0. The number of carbonyl (C=O) groups is 1. The van der Waals surface area contributed by atoms with Gasteiger partial charge in [0.05, 0.1) is 0 Å². The van der Waals surface area contributed by atoms with E-state index in [1.165, 1.54) is 0 Å². The topological polar surface area (TPSA) is 57.8 Å². The van der Waals surface area contributed by atoms with E-state index in [0.717, 1.165) is 37.3 Å². The molecule has 1 fully saturated rings. The first-order chi connectivity index (χ1) is 8.86. The zero-order valence-electron chi connectivity index (χ0n) is 12.4. The Bertz CT molecular complexity index is 436. The number of nitrogens with zero attached hydrogens (tertiary/aromatic N) is 1. The van der Waals surface area contributed by atoms with Crippen molar-refractivity contribution in [1.29, 1.82) is 0 Å². The molecule has 1 aliphatic carbocycles. The molecule has 1 aromatic rings. The molecule has 0 saturated heterocycles. The molecule has 4 nitrogen and oxygen atoms in total. The van der Waals surface area contributed by atoms with Crippen molar-refractivity contribution in [3.63, 3.8) is 0 Å². The predicted octanol–water partition coefficient (Wildman–Crippen LogP) is 3.51. The van der Waals surface area contributed by atoms with Gasteiger partial charge in [0, 0.05) is 17.7 Å². The fourth-order valence-corrected chi connectivity index (χ4v) is 2.93. The second-order valence-corrected chi connectivity index (χ2v) is 6.84. The molecule has 0 unspecified atom stereocenters. The Balaban J connectivity index is 1.86. The number of aromatic nitrogens is 2. The lowest BCUT2D eigenvalue weighted by molar-refractivity contribution is -0.121. The molecule has 0 atom stereocenters. The molecule has 2 N–H and O–H groups in total. The second-order valence-electron chi connectivity index (χ2n) is 6.84. The van der Waals surface area contributed by atoms with E-state index < -0.39 is 0 Å². The van der Waals surface area contributed by atoms with E-state index in [1.54, 1.807) is 0 Å². The lowest BCUT2D eigenvalue weighted by Crippen LogP contribution is -2.31. The van der Waals surface area contributed by atoms with Gasteiger partial charge in [-0.3, -0.25) is 9.89 Å². The number of aryl methyl sites for hydroxylation is 1. The van der Waals surface area contributed by atoms with Gasteiger partial charge in [-0.15, -0.1) is 0 Å². The summed E-state index contributed by atoms with van der Waals surface area (Å²) in [4.78, 5) is 12.2. The minimum absolute atomic E-state index is 0.124. The Morgan fingerprint density at radius 3 is 2.42 bits per heavy atom. The largest absolute Gasteiger partial charge is 0.309 e. The van der Waals surface area contributed by atoms with E-state index in [1.807, 2.05) is 13.0 Å². The van der Waals surface area contributed by atoms with Crippen molar-refractivity contribution in [1.82, 2.24) is 10.2 Å². The maximum atomic E-state index is 12.2. The number of H-pyrrole nitrogens is 1. The lowest BCUT2D eigenvalue weighted by Gasteiger charge is -2.36. The number of nitrogens with one attached hydrogen (secondary N) is 2. The Hall–Kier alpha value is -1.32. The Morgan fingerprint density at radius 1 is 1.32 bits per heavy atom. The van der Waals surface area contributed by atoms with Gasteiger partial charge in [0.1, 0.15) is 0 Å². The van der Waals surface area contributed by atoms with E-state index in [9.17, 15) is 4.79 Å². The van der Waals surface area contributed by atoms with Crippen LogP contribution in [0.15, 0.2) is 6.07 Å². The first-order valence-corrected chi connectivity index (χ1v) is 7.19. The van der Waals surface area contributed by atoms with Gasteiger partial charge in [-0.2, -0.15) is 5.10 Å². The minimum Gasteiger partial charge on any atom is -0.309 e. The summed E-state index contributed by atoms with van der Waals surface area (Å²) in [5, 5.41) is 9.79. The van der Waals surface area contributed by atoms with Gasteiger partial charge in [0.2, 0.25) is 5.91 Å². The van der Waals surface area contributed by atoms with Gasteiger partial charge < -0.3 is 5.32 Å². The lowest BCUT2D eigenvalue weighted by atomic mass is 9.70. The first-order valence-electron chi connectivity index (χ1n) is 7.19. The van der Waals surface area contributed by atoms with Crippen molar-refractivity contribution in [2.45, 2.75) is 53.4 Å². The molecule has 106 valence electrons. The quantitative estimate of drug-likeness (QED) is 0.857. The highest BCUT2D eigenvalue weighted by atomic mass is 16.1. The van der Waals surface area contributed by atoms with Crippen LogP contribution in [0.4, 0.5) is 5.82 Å². The van der Waals surface area contributed by atoms with Gasteiger partial charge in [-0.25, -0.2) is 0 Å². The van der Waals surface area contributed by atoms with Crippen LogP contribution in [0.3, 0.4) is 0 Å². The molecule has 2 rings (SSSR count). The monoisotopic (exact) mass is 263 g/mol. The van der Waals surface area contributed by atoms with Crippen LogP contribution in [0.2, 0.25) is 0 Å². The van der Waals surface area contributed by atoms with Crippen LogP contribution in [0.25, 0.3) is 0 Å². The molecule has 0 spiro atoms. The molecule has 0 radical (unpaired) electrons. The molecule has 1 aliphatic rings. The van der Waals surface area contributed by atoms with Crippen LogP contribution in [0.1, 0.15) is 52.1 Å². The van der Waals surface area contributed by atoms with Crippen LogP contribution < -0.4 is 5.32 Å². The highest BCUT2D eigenvalue weighted by molar-refractivity contribution is 5.91. The fourth-order valence-electron chi connectivity index (χ4n) is 2.93. The molecule has 1 aromatic heterocycles. The highest BCUT2D eigenvalue weighted by Gasteiger charge is 2.32. The Labute approximate surface area is 115 Å². The standard InChI is InChI=1S/C15H25N3O/c1-10-9-13(18-17-10)16-14(19)11-5-7-12(8-6-11)15(2,3)4/h9,11-12H,5-8H2,1-4H3,(H2,16,17,18,19). The van der Waals surface area contributed by atoms with E-state index >= 15 is 0 Å². The number of hydrogen-bond acceptors (Lipinski definition) is 2. The third kappa shape index (κ3) is 3.58. The molecule has 19 heavy (non-hydrogen) atoms.